The van der Waals surface area contributed by atoms with Crippen LogP contribution in [0.25, 0.3) is 76.2 Å². The molecule has 2 heteroatoms. The number of hydrogen-bond acceptors (Lipinski definition) is 1. The van der Waals surface area contributed by atoms with Gasteiger partial charge in [0.15, 0.2) is 0 Å². The Bertz CT molecular complexity index is 2450. The minimum Gasteiger partial charge on any atom is -0.310 e. The molecule has 1 nitrogen and oxygen atoms in total. The van der Waals surface area contributed by atoms with E-state index < -0.39 is 0 Å². The highest BCUT2D eigenvalue weighted by Gasteiger charge is 2.17. The minimum absolute atomic E-state index is 0.943. The number of para-hydroxylation sites is 1. The first-order valence-electron chi connectivity index (χ1n) is 15.5. The summed E-state index contributed by atoms with van der Waals surface area (Å²) in [5.41, 5.74) is 12.5. The lowest BCUT2D eigenvalue weighted by atomic mass is 9.96. The van der Waals surface area contributed by atoms with E-state index in [1.807, 2.05) is 11.3 Å². The fraction of sp³-hybridized carbons (Fsp3) is 0.0233. The SMILES string of the molecule is C1=CCc2c(n(-c3ccc4sc5ccc(-c6cccc(-c7cccc(-c8ccccc8)c7)c6)cc5c4c3)c3ccccc23)C=C1. The molecule has 6 aromatic carbocycles. The molecular weight excluding hydrogens is 563 g/mol. The molecule has 0 aliphatic heterocycles. The number of rotatable bonds is 4. The van der Waals surface area contributed by atoms with Gasteiger partial charge in [-0.05, 0) is 100.0 Å². The lowest BCUT2D eigenvalue weighted by Gasteiger charge is -2.10. The summed E-state index contributed by atoms with van der Waals surface area (Å²) in [6.45, 7) is 0. The Morgan fingerprint density at radius 2 is 1.09 bits per heavy atom. The number of hydrogen-bond donors (Lipinski definition) is 0. The van der Waals surface area contributed by atoms with Crippen molar-refractivity contribution in [2.45, 2.75) is 6.42 Å². The van der Waals surface area contributed by atoms with Gasteiger partial charge in [0.05, 0.1) is 11.2 Å². The summed E-state index contributed by atoms with van der Waals surface area (Å²) in [7, 11) is 0. The van der Waals surface area contributed by atoms with Crippen LogP contribution in [-0.4, -0.2) is 4.57 Å². The lowest BCUT2D eigenvalue weighted by Crippen LogP contribution is -1.97. The van der Waals surface area contributed by atoms with E-state index in [9.17, 15) is 0 Å². The summed E-state index contributed by atoms with van der Waals surface area (Å²) in [6.07, 6.45) is 9.78. The Morgan fingerprint density at radius 3 is 1.87 bits per heavy atom. The van der Waals surface area contributed by atoms with Crippen LogP contribution in [0.4, 0.5) is 0 Å². The molecular formula is C43H29NS. The molecule has 0 N–H and O–H groups in total. The maximum Gasteiger partial charge on any atom is 0.0537 e. The molecule has 2 aromatic heterocycles. The van der Waals surface area contributed by atoms with Gasteiger partial charge in [-0.25, -0.2) is 0 Å². The van der Waals surface area contributed by atoms with Crippen LogP contribution in [0, 0.1) is 0 Å². The van der Waals surface area contributed by atoms with E-state index in [0.29, 0.717) is 0 Å². The van der Waals surface area contributed by atoms with Gasteiger partial charge in [-0.2, -0.15) is 0 Å². The molecule has 212 valence electrons. The summed E-state index contributed by atoms with van der Waals surface area (Å²) in [5, 5.41) is 3.95. The smallest absolute Gasteiger partial charge is 0.0537 e. The molecule has 0 spiro atoms. The van der Waals surface area contributed by atoms with E-state index in [2.05, 4.69) is 168 Å². The zero-order valence-corrected chi connectivity index (χ0v) is 25.5. The Hall–Kier alpha value is -5.44. The molecule has 0 atom stereocenters. The zero-order valence-electron chi connectivity index (χ0n) is 24.7. The third-order valence-electron chi connectivity index (χ3n) is 9.05. The predicted molar refractivity (Wildman–Crippen MR) is 194 cm³/mol. The first-order valence-corrected chi connectivity index (χ1v) is 16.3. The summed E-state index contributed by atoms with van der Waals surface area (Å²) in [4.78, 5) is 0. The van der Waals surface area contributed by atoms with Crippen molar-refractivity contribution in [2.75, 3.05) is 0 Å². The van der Waals surface area contributed by atoms with Crippen LogP contribution in [0.2, 0.25) is 0 Å². The van der Waals surface area contributed by atoms with E-state index in [-0.39, 0.29) is 0 Å². The third-order valence-corrected chi connectivity index (χ3v) is 10.2. The number of thiophene rings is 1. The quantitative estimate of drug-likeness (QED) is 0.192. The lowest BCUT2D eigenvalue weighted by molar-refractivity contribution is 1.09. The number of nitrogens with zero attached hydrogens (tertiary/aromatic N) is 1. The fourth-order valence-electron chi connectivity index (χ4n) is 6.88. The van der Waals surface area contributed by atoms with Crippen LogP contribution in [-0.2, 0) is 6.42 Å². The van der Waals surface area contributed by atoms with Crippen LogP contribution in [0.5, 0.6) is 0 Å². The number of aromatic nitrogens is 1. The van der Waals surface area contributed by atoms with Gasteiger partial charge in [-0.15, -0.1) is 11.3 Å². The molecule has 0 amide bonds. The van der Waals surface area contributed by atoms with Crippen molar-refractivity contribution in [3.05, 3.63) is 169 Å². The second kappa shape index (κ2) is 10.6. The first-order chi connectivity index (χ1) is 22.3. The molecule has 0 bridgehead atoms. The second-order valence-electron chi connectivity index (χ2n) is 11.7. The Kier molecular flexibility index (Phi) is 6.14. The molecule has 0 saturated heterocycles. The van der Waals surface area contributed by atoms with Crippen molar-refractivity contribution in [1.29, 1.82) is 0 Å². The standard InChI is InChI=1S/C43H29NS/c1-3-11-29(12-4-1)30-13-9-14-31(25-30)32-15-10-16-33(26-32)34-21-23-42-38(27-34)39-28-35(22-24-43(39)45-42)44-40-19-6-2-5-17-36(40)37-18-7-8-20-41(37)44/h1-16,18-28H,17H2. The van der Waals surface area contributed by atoms with Gasteiger partial charge in [0.1, 0.15) is 0 Å². The van der Waals surface area contributed by atoms with E-state index in [4.69, 9.17) is 0 Å². The van der Waals surface area contributed by atoms with Gasteiger partial charge in [0, 0.05) is 31.2 Å². The molecule has 0 fully saturated rings. The minimum atomic E-state index is 0.943. The maximum absolute atomic E-state index is 2.44. The fourth-order valence-corrected chi connectivity index (χ4v) is 7.94. The van der Waals surface area contributed by atoms with Crippen LogP contribution in [0.15, 0.2) is 158 Å². The third kappa shape index (κ3) is 4.46. The average Bonchev–Trinajstić information content (AvgIpc) is 3.51. The molecule has 8 aromatic rings. The number of allylic oxidation sites excluding steroid dienone is 3. The topological polar surface area (TPSA) is 4.93 Å². The molecule has 0 radical (unpaired) electrons. The van der Waals surface area contributed by atoms with Crippen LogP contribution in [0.3, 0.4) is 0 Å². The van der Waals surface area contributed by atoms with Crippen LogP contribution in [0.1, 0.15) is 11.3 Å². The van der Waals surface area contributed by atoms with Crippen LogP contribution < -0.4 is 0 Å². The summed E-state index contributed by atoms with van der Waals surface area (Å²) >= 11 is 1.87. The van der Waals surface area contributed by atoms with Gasteiger partial charge < -0.3 is 4.57 Å². The van der Waals surface area contributed by atoms with Gasteiger partial charge in [-0.3, -0.25) is 0 Å². The largest absolute Gasteiger partial charge is 0.310 e. The van der Waals surface area contributed by atoms with Crippen molar-refractivity contribution < 1.29 is 0 Å². The van der Waals surface area contributed by atoms with Gasteiger partial charge >= 0.3 is 0 Å². The van der Waals surface area contributed by atoms with Crippen molar-refractivity contribution in [2.24, 2.45) is 0 Å². The molecule has 45 heavy (non-hydrogen) atoms. The highest BCUT2D eigenvalue weighted by molar-refractivity contribution is 7.25. The van der Waals surface area contributed by atoms with Crippen molar-refractivity contribution >= 4 is 48.5 Å². The van der Waals surface area contributed by atoms with Crippen molar-refractivity contribution in [3.63, 3.8) is 0 Å². The average molecular weight is 592 g/mol. The van der Waals surface area contributed by atoms with Crippen molar-refractivity contribution in [3.8, 4) is 39.1 Å². The molecule has 2 heterocycles. The van der Waals surface area contributed by atoms with Gasteiger partial charge in [-0.1, -0.05) is 109 Å². The molecule has 0 saturated carbocycles. The Labute approximate surface area is 266 Å². The second-order valence-corrected chi connectivity index (χ2v) is 12.8. The zero-order chi connectivity index (χ0) is 29.7. The number of fused-ring (bicyclic) bond motifs is 6. The molecule has 1 aliphatic carbocycles. The first kappa shape index (κ1) is 26.0. The highest BCUT2D eigenvalue weighted by Crippen LogP contribution is 2.40. The van der Waals surface area contributed by atoms with Gasteiger partial charge in [0.25, 0.3) is 0 Å². The predicted octanol–water partition coefficient (Wildman–Crippen LogP) is 12.1. The highest BCUT2D eigenvalue weighted by atomic mass is 32.1. The summed E-state index contributed by atoms with van der Waals surface area (Å²) in [6, 6.07) is 51.1. The maximum atomic E-state index is 2.44. The molecule has 9 rings (SSSR count). The number of benzene rings is 6. The molecule has 1 aliphatic rings. The monoisotopic (exact) mass is 591 g/mol. The van der Waals surface area contributed by atoms with E-state index in [1.54, 1.807) is 0 Å². The molecule has 0 unspecified atom stereocenters. The summed E-state index contributed by atoms with van der Waals surface area (Å²) in [5.74, 6) is 0. The van der Waals surface area contributed by atoms with Crippen molar-refractivity contribution in [1.82, 2.24) is 4.57 Å². The van der Waals surface area contributed by atoms with Gasteiger partial charge in [0.2, 0.25) is 0 Å². The van der Waals surface area contributed by atoms with E-state index in [1.165, 1.54) is 81.4 Å². The Morgan fingerprint density at radius 1 is 0.467 bits per heavy atom. The normalized spacial score (nSPS) is 12.6. The van der Waals surface area contributed by atoms with E-state index >= 15 is 0 Å². The summed E-state index contributed by atoms with van der Waals surface area (Å²) < 4.78 is 5.07. The van der Waals surface area contributed by atoms with Crippen LogP contribution >= 0.6 is 11.3 Å². The van der Waals surface area contributed by atoms with E-state index in [0.717, 1.165) is 6.42 Å². The Balaban J connectivity index is 1.15.